The van der Waals surface area contributed by atoms with Gasteiger partial charge in [0.2, 0.25) is 11.7 Å². The summed E-state index contributed by atoms with van der Waals surface area (Å²) in [5.74, 6) is 1.43. The van der Waals surface area contributed by atoms with E-state index in [0.717, 1.165) is 30.8 Å². The van der Waals surface area contributed by atoms with Crippen molar-refractivity contribution in [3.05, 3.63) is 66.1 Å². The zero-order chi connectivity index (χ0) is 17.9. The van der Waals surface area contributed by atoms with Gasteiger partial charge < -0.3 is 14.7 Å². The molecule has 0 unspecified atom stereocenters. The average molecular weight is 348 g/mol. The third-order valence-electron chi connectivity index (χ3n) is 4.65. The van der Waals surface area contributed by atoms with Gasteiger partial charge in [-0.05, 0) is 24.1 Å². The predicted molar refractivity (Wildman–Crippen MR) is 98.9 cm³/mol. The molecule has 132 valence electrons. The van der Waals surface area contributed by atoms with Gasteiger partial charge in [0.15, 0.2) is 0 Å². The van der Waals surface area contributed by atoms with Gasteiger partial charge in [-0.3, -0.25) is 0 Å². The fraction of sp³-hybridized carbons (Fsp3) is 0.250. The summed E-state index contributed by atoms with van der Waals surface area (Å²) >= 11 is 0. The van der Waals surface area contributed by atoms with E-state index in [1.165, 1.54) is 5.56 Å². The van der Waals surface area contributed by atoms with E-state index in [2.05, 4.69) is 27.6 Å². The van der Waals surface area contributed by atoms with Gasteiger partial charge in [0.25, 0.3) is 0 Å². The Kier molecular flexibility index (Phi) is 4.39. The van der Waals surface area contributed by atoms with E-state index < -0.39 is 0 Å². The molecule has 1 saturated heterocycles. The number of carbonyl (C=O) groups excluding carboxylic acids is 1. The van der Waals surface area contributed by atoms with Gasteiger partial charge in [-0.15, -0.1) is 0 Å². The largest absolute Gasteiger partial charge is 0.339 e. The van der Waals surface area contributed by atoms with Crippen molar-refractivity contribution in [3.63, 3.8) is 0 Å². The lowest BCUT2D eigenvalue weighted by Crippen LogP contribution is -2.32. The first-order valence-corrected chi connectivity index (χ1v) is 8.70. The van der Waals surface area contributed by atoms with Crippen molar-refractivity contribution in [2.45, 2.75) is 19.3 Å². The van der Waals surface area contributed by atoms with Crippen LogP contribution in [0.25, 0.3) is 11.4 Å². The average Bonchev–Trinajstić information content (AvgIpc) is 3.32. The number of likely N-dealkylation sites (tertiary alicyclic amines) is 1. The zero-order valence-electron chi connectivity index (χ0n) is 14.6. The number of aryl methyl sites for hydroxylation is 1. The summed E-state index contributed by atoms with van der Waals surface area (Å²) in [5.41, 5.74) is 2.82. The van der Waals surface area contributed by atoms with Crippen molar-refractivity contribution in [2.24, 2.45) is 0 Å². The highest BCUT2D eigenvalue weighted by Gasteiger charge is 2.27. The van der Waals surface area contributed by atoms with Crippen molar-refractivity contribution in [1.29, 1.82) is 0 Å². The van der Waals surface area contributed by atoms with E-state index in [1.807, 2.05) is 47.4 Å². The normalized spacial score (nSPS) is 16.7. The lowest BCUT2D eigenvalue weighted by Gasteiger charge is -2.18. The topological polar surface area (TPSA) is 71.3 Å². The number of hydrogen-bond donors (Lipinski definition) is 1. The van der Waals surface area contributed by atoms with Gasteiger partial charge in [-0.25, -0.2) is 4.79 Å². The molecular weight excluding hydrogens is 328 g/mol. The first kappa shape index (κ1) is 16.3. The van der Waals surface area contributed by atoms with Crippen LogP contribution < -0.4 is 5.32 Å². The summed E-state index contributed by atoms with van der Waals surface area (Å²) in [6, 6.07) is 17.8. The van der Waals surface area contributed by atoms with E-state index in [0.29, 0.717) is 17.6 Å². The molecule has 1 aromatic heterocycles. The van der Waals surface area contributed by atoms with E-state index in [4.69, 9.17) is 4.52 Å². The van der Waals surface area contributed by atoms with Crippen molar-refractivity contribution >= 4 is 11.7 Å². The monoisotopic (exact) mass is 348 g/mol. The molecule has 3 aromatic rings. The van der Waals surface area contributed by atoms with Crippen LogP contribution in [0.1, 0.15) is 23.8 Å². The molecule has 0 aliphatic carbocycles. The Bertz CT molecular complexity index is 907. The van der Waals surface area contributed by atoms with Crippen LogP contribution in [-0.2, 0) is 0 Å². The van der Waals surface area contributed by atoms with Crippen molar-refractivity contribution < 1.29 is 9.32 Å². The molecule has 2 amide bonds. The highest BCUT2D eigenvalue weighted by Crippen LogP contribution is 2.27. The Morgan fingerprint density at radius 3 is 2.81 bits per heavy atom. The van der Waals surface area contributed by atoms with Crippen LogP contribution in [0.3, 0.4) is 0 Å². The summed E-state index contributed by atoms with van der Waals surface area (Å²) in [7, 11) is 0. The molecule has 4 rings (SSSR count). The SMILES string of the molecule is Cc1nc(-c2cccc(NC(=O)N3CC[C@H](c4ccccc4)C3)c2)no1. The zero-order valence-corrected chi connectivity index (χ0v) is 14.6. The molecule has 2 aromatic carbocycles. The van der Waals surface area contributed by atoms with Crippen LogP contribution >= 0.6 is 0 Å². The molecule has 2 heterocycles. The van der Waals surface area contributed by atoms with Crippen LogP contribution in [0, 0.1) is 6.92 Å². The van der Waals surface area contributed by atoms with Gasteiger partial charge in [0.1, 0.15) is 0 Å². The van der Waals surface area contributed by atoms with E-state index in [-0.39, 0.29) is 6.03 Å². The van der Waals surface area contributed by atoms with Gasteiger partial charge >= 0.3 is 6.03 Å². The van der Waals surface area contributed by atoms with E-state index in [1.54, 1.807) is 6.92 Å². The third-order valence-corrected chi connectivity index (χ3v) is 4.65. The minimum absolute atomic E-state index is 0.0788. The van der Waals surface area contributed by atoms with E-state index in [9.17, 15) is 4.79 Å². The molecule has 6 heteroatoms. The third kappa shape index (κ3) is 3.44. The first-order valence-electron chi connectivity index (χ1n) is 8.70. The Labute approximate surface area is 151 Å². The molecule has 1 fully saturated rings. The van der Waals surface area contributed by atoms with Gasteiger partial charge in [-0.1, -0.05) is 47.6 Å². The number of nitrogens with zero attached hydrogens (tertiary/aromatic N) is 3. The number of aromatic nitrogens is 2. The summed E-state index contributed by atoms with van der Waals surface area (Å²) < 4.78 is 5.02. The second-order valence-corrected chi connectivity index (χ2v) is 6.49. The predicted octanol–water partition coefficient (Wildman–Crippen LogP) is 4.07. The molecule has 26 heavy (non-hydrogen) atoms. The quantitative estimate of drug-likeness (QED) is 0.774. The number of amides is 2. The molecule has 0 radical (unpaired) electrons. The standard InChI is InChI=1S/C20H20N4O2/c1-14-21-19(23-26-14)16-8-5-9-18(12-16)22-20(25)24-11-10-17(13-24)15-6-3-2-4-7-15/h2-9,12,17H,10-11,13H2,1H3,(H,22,25)/t17-/m0/s1. The molecule has 0 spiro atoms. The second kappa shape index (κ2) is 7.00. The maximum atomic E-state index is 12.6. The first-order chi connectivity index (χ1) is 12.7. The number of rotatable bonds is 3. The number of benzene rings is 2. The number of nitrogens with one attached hydrogen (secondary N) is 1. The Morgan fingerprint density at radius 1 is 1.19 bits per heavy atom. The number of hydrogen-bond acceptors (Lipinski definition) is 4. The van der Waals surface area contributed by atoms with E-state index >= 15 is 0 Å². The Balaban J connectivity index is 1.42. The summed E-state index contributed by atoms with van der Waals surface area (Å²) in [6.45, 7) is 3.24. The smallest absolute Gasteiger partial charge is 0.321 e. The van der Waals surface area contributed by atoms with Crippen LogP contribution in [0.5, 0.6) is 0 Å². The van der Waals surface area contributed by atoms with Gasteiger partial charge in [0.05, 0.1) is 0 Å². The lowest BCUT2D eigenvalue weighted by atomic mass is 9.99. The van der Waals surface area contributed by atoms with Gasteiger partial charge in [0, 0.05) is 37.2 Å². The van der Waals surface area contributed by atoms with Gasteiger partial charge in [-0.2, -0.15) is 4.98 Å². The molecule has 0 bridgehead atoms. The highest BCUT2D eigenvalue weighted by atomic mass is 16.5. The van der Waals surface area contributed by atoms with Crippen molar-refractivity contribution in [1.82, 2.24) is 15.0 Å². The highest BCUT2D eigenvalue weighted by molar-refractivity contribution is 5.90. The lowest BCUT2D eigenvalue weighted by molar-refractivity contribution is 0.222. The molecule has 6 nitrogen and oxygen atoms in total. The molecule has 1 atom stereocenters. The van der Waals surface area contributed by atoms with Crippen LogP contribution in [0.4, 0.5) is 10.5 Å². The van der Waals surface area contributed by atoms with Crippen LogP contribution in [0.2, 0.25) is 0 Å². The summed E-state index contributed by atoms with van der Waals surface area (Å²) in [5, 5.41) is 6.89. The Hall–Kier alpha value is -3.15. The fourth-order valence-electron chi connectivity index (χ4n) is 3.30. The molecular formula is C20H20N4O2. The molecule has 1 N–H and O–H groups in total. The minimum Gasteiger partial charge on any atom is -0.339 e. The van der Waals surface area contributed by atoms with Crippen molar-refractivity contribution in [2.75, 3.05) is 18.4 Å². The Morgan fingerprint density at radius 2 is 2.04 bits per heavy atom. The molecule has 1 aliphatic heterocycles. The number of carbonyl (C=O) groups is 1. The number of urea groups is 1. The maximum Gasteiger partial charge on any atom is 0.321 e. The molecule has 0 saturated carbocycles. The summed E-state index contributed by atoms with van der Waals surface area (Å²) in [6.07, 6.45) is 0.986. The fourth-order valence-corrected chi connectivity index (χ4v) is 3.30. The maximum absolute atomic E-state index is 12.6. The van der Waals surface area contributed by atoms with Crippen LogP contribution in [-0.4, -0.2) is 34.2 Å². The summed E-state index contributed by atoms with van der Waals surface area (Å²) in [4.78, 5) is 18.7. The second-order valence-electron chi connectivity index (χ2n) is 6.49. The molecule has 1 aliphatic rings. The van der Waals surface area contributed by atoms with Crippen LogP contribution in [0.15, 0.2) is 59.1 Å². The number of anilines is 1. The minimum atomic E-state index is -0.0788. The van der Waals surface area contributed by atoms with Crippen molar-refractivity contribution in [3.8, 4) is 11.4 Å².